The molecule has 0 amide bonds. The lowest BCUT2D eigenvalue weighted by Crippen LogP contribution is -2.44. The minimum atomic E-state index is 0.535. The minimum Gasteiger partial charge on any atom is -0.316 e. The third kappa shape index (κ3) is 3.91. The molecular weight excluding hydrogens is 250 g/mol. The molecule has 0 bridgehead atoms. The lowest BCUT2D eigenvalue weighted by Gasteiger charge is -2.43. The zero-order chi connectivity index (χ0) is 13.9. The van der Waals surface area contributed by atoms with Gasteiger partial charge in [-0.15, -0.1) is 0 Å². The molecule has 2 rings (SSSR count). The molecule has 2 heteroatoms. The molecule has 112 valence electrons. The van der Waals surface area contributed by atoms with Crippen molar-refractivity contribution in [2.24, 2.45) is 11.3 Å². The van der Waals surface area contributed by atoms with E-state index in [2.05, 4.69) is 44.9 Å². The Kier molecular flexibility index (Phi) is 5.65. The molecule has 0 radical (unpaired) electrons. The van der Waals surface area contributed by atoms with Crippen LogP contribution in [0.2, 0.25) is 0 Å². The van der Waals surface area contributed by atoms with Crippen LogP contribution in [-0.4, -0.2) is 23.6 Å². The lowest BCUT2D eigenvalue weighted by atomic mass is 9.68. The van der Waals surface area contributed by atoms with Gasteiger partial charge in [0, 0.05) is 16.5 Å². The summed E-state index contributed by atoms with van der Waals surface area (Å²) in [5.74, 6) is 0.931. The molecule has 2 aliphatic carbocycles. The van der Waals surface area contributed by atoms with Gasteiger partial charge in [-0.3, -0.25) is 0 Å². The first-order chi connectivity index (χ1) is 9.06. The Morgan fingerprint density at radius 3 is 2.37 bits per heavy atom. The number of thioether (sulfide) groups is 1. The van der Waals surface area contributed by atoms with E-state index in [0.717, 1.165) is 22.5 Å². The summed E-state index contributed by atoms with van der Waals surface area (Å²) in [5.41, 5.74) is 0.535. The molecule has 1 N–H and O–H groups in total. The molecule has 2 aliphatic rings. The van der Waals surface area contributed by atoms with Gasteiger partial charge in [-0.1, -0.05) is 40.0 Å². The minimum absolute atomic E-state index is 0.535. The average Bonchev–Trinajstić information content (AvgIpc) is 2.91. The van der Waals surface area contributed by atoms with Crippen LogP contribution in [0.15, 0.2) is 0 Å². The van der Waals surface area contributed by atoms with Crippen molar-refractivity contribution >= 4 is 11.8 Å². The van der Waals surface area contributed by atoms with Crippen LogP contribution in [0.25, 0.3) is 0 Å². The molecule has 3 unspecified atom stereocenters. The molecular formula is C17H33NS. The van der Waals surface area contributed by atoms with Crippen molar-refractivity contribution in [3.05, 3.63) is 0 Å². The van der Waals surface area contributed by atoms with Crippen LogP contribution in [0.1, 0.15) is 72.1 Å². The predicted octanol–water partition coefficient (Wildman–Crippen LogP) is 4.86. The Hall–Kier alpha value is 0.310. The zero-order valence-electron chi connectivity index (χ0n) is 13.4. The number of nitrogens with one attached hydrogen (secondary N) is 1. The standard InChI is InChI=1S/C17H33NS/c1-5-17(2,3)13-10-11-15(18-4)16(12-13)19-14-8-6-7-9-14/h13-16,18H,5-12H2,1-4H3. The maximum absolute atomic E-state index is 3.60. The van der Waals surface area contributed by atoms with Crippen LogP contribution in [0, 0.1) is 11.3 Å². The quantitative estimate of drug-likeness (QED) is 0.773. The Morgan fingerprint density at radius 1 is 1.11 bits per heavy atom. The summed E-state index contributed by atoms with van der Waals surface area (Å²) in [6, 6.07) is 0.759. The van der Waals surface area contributed by atoms with Gasteiger partial charge in [0.15, 0.2) is 0 Å². The van der Waals surface area contributed by atoms with Crippen molar-refractivity contribution in [1.29, 1.82) is 0 Å². The molecule has 0 saturated heterocycles. The topological polar surface area (TPSA) is 12.0 Å². The predicted molar refractivity (Wildman–Crippen MR) is 87.9 cm³/mol. The number of hydrogen-bond donors (Lipinski definition) is 1. The summed E-state index contributed by atoms with van der Waals surface area (Å²) in [6.45, 7) is 7.33. The number of rotatable bonds is 5. The Labute approximate surface area is 124 Å². The molecule has 19 heavy (non-hydrogen) atoms. The van der Waals surface area contributed by atoms with Gasteiger partial charge >= 0.3 is 0 Å². The van der Waals surface area contributed by atoms with Crippen molar-refractivity contribution in [3.63, 3.8) is 0 Å². The third-order valence-electron chi connectivity index (χ3n) is 5.85. The molecule has 1 nitrogen and oxygen atoms in total. The highest BCUT2D eigenvalue weighted by Gasteiger charge is 2.38. The normalized spacial score (nSPS) is 33.8. The van der Waals surface area contributed by atoms with Crippen LogP contribution < -0.4 is 5.32 Å². The molecule has 0 heterocycles. The average molecular weight is 284 g/mol. The van der Waals surface area contributed by atoms with Crippen molar-refractivity contribution in [1.82, 2.24) is 5.32 Å². The first-order valence-electron chi connectivity index (χ1n) is 8.39. The SMILES string of the molecule is CCC(C)(C)C1CCC(NC)C(SC2CCCC2)C1. The second-order valence-electron chi connectivity index (χ2n) is 7.33. The van der Waals surface area contributed by atoms with Crippen LogP contribution in [-0.2, 0) is 0 Å². The Balaban J connectivity index is 1.96. The maximum Gasteiger partial charge on any atom is 0.0206 e. The largest absolute Gasteiger partial charge is 0.316 e. The van der Waals surface area contributed by atoms with Crippen LogP contribution >= 0.6 is 11.8 Å². The highest BCUT2D eigenvalue weighted by molar-refractivity contribution is 8.00. The molecule has 2 saturated carbocycles. The van der Waals surface area contributed by atoms with E-state index >= 15 is 0 Å². The second-order valence-corrected chi connectivity index (χ2v) is 8.87. The van der Waals surface area contributed by atoms with Crippen molar-refractivity contribution in [3.8, 4) is 0 Å². The van der Waals surface area contributed by atoms with Crippen LogP contribution in [0.5, 0.6) is 0 Å². The molecule has 3 atom stereocenters. The first-order valence-corrected chi connectivity index (χ1v) is 9.34. The van der Waals surface area contributed by atoms with E-state index in [4.69, 9.17) is 0 Å². The molecule has 0 aromatic heterocycles. The smallest absolute Gasteiger partial charge is 0.0206 e. The maximum atomic E-state index is 3.60. The first kappa shape index (κ1) is 15.7. The summed E-state index contributed by atoms with van der Waals surface area (Å²) in [4.78, 5) is 0. The highest BCUT2D eigenvalue weighted by Crippen LogP contribution is 2.45. The van der Waals surface area contributed by atoms with Gasteiger partial charge in [-0.2, -0.15) is 11.8 Å². The summed E-state index contributed by atoms with van der Waals surface area (Å²) >= 11 is 2.33. The fourth-order valence-electron chi connectivity index (χ4n) is 3.88. The van der Waals surface area contributed by atoms with Gasteiger partial charge in [-0.25, -0.2) is 0 Å². The van der Waals surface area contributed by atoms with E-state index in [1.54, 1.807) is 0 Å². The molecule has 0 aromatic rings. The zero-order valence-corrected chi connectivity index (χ0v) is 14.2. The van der Waals surface area contributed by atoms with E-state index in [-0.39, 0.29) is 0 Å². The van der Waals surface area contributed by atoms with Crippen molar-refractivity contribution in [2.45, 2.75) is 88.7 Å². The Morgan fingerprint density at radius 2 is 1.79 bits per heavy atom. The summed E-state index contributed by atoms with van der Waals surface area (Å²) in [7, 11) is 2.16. The van der Waals surface area contributed by atoms with Gasteiger partial charge in [0.1, 0.15) is 0 Å². The summed E-state index contributed by atoms with van der Waals surface area (Å²) in [5, 5.41) is 5.42. The van der Waals surface area contributed by atoms with Gasteiger partial charge in [0.05, 0.1) is 0 Å². The number of hydrogen-bond acceptors (Lipinski definition) is 2. The second kappa shape index (κ2) is 6.85. The summed E-state index contributed by atoms with van der Waals surface area (Å²) < 4.78 is 0. The van der Waals surface area contributed by atoms with Crippen molar-refractivity contribution < 1.29 is 0 Å². The van der Waals surface area contributed by atoms with Gasteiger partial charge < -0.3 is 5.32 Å². The monoisotopic (exact) mass is 283 g/mol. The van der Waals surface area contributed by atoms with E-state index in [0.29, 0.717) is 5.41 Å². The summed E-state index contributed by atoms with van der Waals surface area (Å²) in [6.07, 6.45) is 11.5. The van der Waals surface area contributed by atoms with Gasteiger partial charge in [-0.05, 0) is 50.5 Å². The highest BCUT2D eigenvalue weighted by atomic mass is 32.2. The van der Waals surface area contributed by atoms with Crippen LogP contribution in [0.4, 0.5) is 0 Å². The van der Waals surface area contributed by atoms with Crippen LogP contribution in [0.3, 0.4) is 0 Å². The van der Waals surface area contributed by atoms with E-state index in [1.807, 2.05) is 0 Å². The van der Waals surface area contributed by atoms with E-state index < -0.39 is 0 Å². The molecule has 2 fully saturated rings. The van der Waals surface area contributed by atoms with Crippen molar-refractivity contribution in [2.75, 3.05) is 7.05 Å². The lowest BCUT2D eigenvalue weighted by molar-refractivity contribution is 0.142. The molecule has 0 aliphatic heterocycles. The van der Waals surface area contributed by atoms with Gasteiger partial charge in [0.2, 0.25) is 0 Å². The Bertz CT molecular complexity index is 270. The van der Waals surface area contributed by atoms with E-state index in [9.17, 15) is 0 Å². The fraction of sp³-hybridized carbons (Fsp3) is 1.00. The van der Waals surface area contributed by atoms with E-state index in [1.165, 1.54) is 51.4 Å². The van der Waals surface area contributed by atoms with Gasteiger partial charge in [0.25, 0.3) is 0 Å². The molecule has 0 aromatic carbocycles. The molecule has 0 spiro atoms. The third-order valence-corrected chi connectivity index (χ3v) is 7.58. The fourth-order valence-corrected chi connectivity index (χ4v) is 5.79.